The van der Waals surface area contributed by atoms with Crippen LogP contribution in [0, 0.1) is 16.7 Å². The van der Waals surface area contributed by atoms with Crippen LogP contribution in [0.3, 0.4) is 0 Å². The van der Waals surface area contributed by atoms with E-state index < -0.39 is 5.41 Å². The second-order valence-electron chi connectivity index (χ2n) is 6.52. The predicted octanol–water partition coefficient (Wildman–Crippen LogP) is 3.50. The van der Waals surface area contributed by atoms with Gasteiger partial charge in [-0.2, -0.15) is 5.26 Å². The molecule has 1 amide bonds. The van der Waals surface area contributed by atoms with Crippen LogP contribution in [0.25, 0.3) is 0 Å². The Bertz CT molecular complexity index is 583. The highest BCUT2D eigenvalue weighted by Gasteiger charge is 2.45. The van der Waals surface area contributed by atoms with E-state index in [9.17, 15) is 10.1 Å². The van der Waals surface area contributed by atoms with Crippen LogP contribution in [0.2, 0.25) is 0 Å². The Morgan fingerprint density at radius 3 is 2.91 bits per heavy atom. The van der Waals surface area contributed by atoms with E-state index in [1.54, 1.807) is 11.3 Å². The van der Waals surface area contributed by atoms with Crippen molar-refractivity contribution in [2.24, 2.45) is 5.41 Å². The third-order valence-electron chi connectivity index (χ3n) is 5.07. The summed E-state index contributed by atoms with van der Waals surface area (Å²) in [4.78, 5) is 19.5. The topological polar surface area (TPSA) is 57.0 Å². The summed E-state index contributed by atoms with van der Waals surface area (Å²) >= 11 is 1.72. The van der Waals surface area contributed by atoms with Crippen LogP contribution in [-0.2, 0) is 11.2 Å². The number of nitrogens with zero attached hydrogens (tertiary/aromatic N) is 3. The molecule has 1 atom stereocenters. The highest BCUT2D eigenvalue weighted by molar-refractivity contribution is 7.09. The monoisotopic (exact) mass is 317 g/mol. The first-order chi connectivity index (χ1) is 10.7. The van der Waals surface area contributed by atoms with Gasteiger partial charge in [0.25, 0.3) is 0 Å². The summed E-state index contributed by atoms with van der Waals surface area (Å²) in [7, 11) is 0. The van der Waals surface area contributed by atoms with Gasteiger partial charge in [-0.05, 0) is 32.1 Å². The molecule has 1 saturated carbocycles. The Morgan fingerprint density at radius 2 is 2.27 bits per heavy atom. The Morgan fingerprint density at radius 1 is 1.50 bits per heavy atom. The van der Waals surface area contributed by atoms with E-state index in [-0.39, 0.29) is 5.91 Å². The number of hydrogen-bond acceptors (Lipinski definition) is 4. The molecule has 2 aliphatic rings. The molecule has 0 unspecified atom stereocenters. The van der Waals surface area contributed by atoms with Gasteiger partial charge >= 0.3 is 0 Å². The molecule has 5 heteroatoms. The first-order valence-corrected chi connectivity index (χ1v) is 9.21. The molecule has 4 nitrogen and oxygen atoms in total. The first kappa shape index (κ1) is 15.5. The van der Waals surface area contributed by atoms with Crippen LogP contribution in [0.5, 0.6) is 0 Å². The maximum atomic E-state index is 12.9. The zero-order chi connectivity index (χ0) is 15.6. The number of nitriles is 1. The number of piperidine rings is 1. The Balaban J connectivity index is 1.72. The van der Waals surface area contributed by atoms with Gasteiger partial charge in [0.2, 0.25) is 5.91 Å². The maximum absolute atomic E-state index is 12.9. The fraction of sp³-hybridized carbons (Fsp3) is 0.706. The Kier molecular flexibility index (Phi) is 4.49. The van der Waals surface area contributed by atoms with Gasteiger partial charge in [0.05, 0.1) is 16.8 Å². The van der Waals surface area contributed by atoms with Crippen LogP contribution in [0.4, 0.5) is 0 Å². The zero-order valence-corrected chi connectivity index (χ0v) is 14.0. The lowest BCUT2D eigenvalue weighted by Crippen LogP contribution is -2.46. The number of thiazole rings is 1. The molecule has 0 bridgehead atoms. The molecule has 1 saturated heterocycles. The van der Waals surface area contributed by atoms with Gasteiger partial charge < -0.3 is 4.90 Å². The van der Waals surface area contributed by atoms with Crippen LogP contribution in [-0.4, -0.2) is 28.9 Å². The quantitative estimate of drug-likeness (QED) is 0.857. The van der Waals surface area contributed by atoms with Crippen molar-refractivity contribution >= 4 is 17.2 Å². The van der Waals surface area contributed by atoms with Gasteiger partial charge in [0, 0.05) is 24.4 Å². The van der Waals surface area contributed by atoms with Gasteiger partial charge in [0.15, 0.2) is 0 Å². The fourth-order valence-corrected chi connectivity index (χ4v) is 4.72. The fourth-order valence-electron chi connectivity index (χ4n) is 3.69. The number of carbonyl (C=O) groups is 1. The minimum absolute atomic E-state index is 0.0736. The third-order valence-corrected chi connectivity index (χ3v) is 6.13. The average Bonchev–Trinajstić information content (AvgIpc) is 3.24. The Labute approximate surface area is 136 Å². The Hall–Kier alpha value is -1.41. The lowest BCUT2D eigenvalue weighted by molar-refractivity contribution is -0.140. The largest absolute Gasteiger partial charge is 0.341 e. The van der Waals surface area contributed by atoms with Gasteiger partial charge in [0.1, 0.15) is 5.41 Å². The molecule has 0 radical (unpaired) electrons. The smallest absolute Gasteiger partial charge is 0.243 e. The van der Waals surface area contributed by atoms with Crippen molar-refractivity contribution < 1.29 is 4.79 Å². The summed E-state index contributed by atoms with van der Waals surface area (Å²) in [5, 5.41) is 12.8. The second kappa shape index (κ2) is 6.37. The second-order valence-corrected chi connectivity index (χ2v) is 7.41. The molecule has 2 heterocycles. The van der Waals surface area contributed by atoms with Crippen molar-refractivity contribution in [2.45, 2.75) is 57.8 Å². The number of rotatable bonds is 3. The number of likely N-dealkylation sites (tertiary alicyclic amines) is 1. The summed E-state index contributed by atoms with van der Waals surface area (Å²) < 4.78 is 0. The lowest BCUT2D eigenvalue weighted by atomic mass is 9.85. The van der Waals surface area contributed by atoms with Crippen LogP contribution in [0.15, 0.2) is 5.38 Å². The molecule has 3 rings (SSSR count). The molecule has 1 aliphatic carbocycles. The van der Waals surface area contributed by atoms with Gasteiger partial charge in [-0.1, -0.05) is 19.8 Å². The van der Waals surface area contributed by atoms with Crippen LogP contribution in [0.1, 0.15) is 62.1 Å². The van der Waals surface area contributed by atoms with Crippen molar-refractivity contribution in [3.8, 4) is 6.07 Å². The molecule has 0 spiro atoms. The normalized spacial score (nSPS) is 24.2. The molecular formula is C17H23N3OS. The summed E-state index contributed by atoms with van der Waals surface area (Å²) in [6, 6.07) is 2.34. The molecule has 1 aromatic heterocycles. The van der Waals surface area contributed by atoms with Gasteiger partial charge in [-0.3, -0.25) is 4.79 Å². The highest BCUT2D eigenvalue weighted by Crippen LogP contribution is 2.40. The molecule has 1 aromatic rings. The predicted molar refractivity (Wildman–Crippen MR) is 86.6 cm³/mol. The summed E-state index contributed by atoms with van der Waals surface area (Å²) in [6.45, 7) is 3.65. The average molecular weight is 317 g/mol. The van der Waals surface area contributed by atoms with Crippen molar-refractivity contribution in [1.29, 1.82) is 5.26 Å². The van der Waals surface area contributed by atoms with Crippen molar-refractivity contribution in [3.05, 3.63) is 16.1 Å². The minimum Gasteiger partial charge on any atom is -0.341 e. The van der Waals surface area contributed by atoms with E-state index >= 15 is 0 Å². The molecule has 0 aromatic carbocycles. The highest BCUT2D eigenvalue weighted by atomic mass is 32.1. The standard InChI is InChI=1S/C17H23N3OS/c1-2-14-11-22-15(19-14)13-6-5-9-20(10-13)16(21)17(12-18)7-3-4-8-17/h11,13H,2-10H2,1H3/t13-/m0/s1. The summed E-state index contributed by atoms with van der Waals surface area (Å²) in [6.07, 6.45) is 6.55. The zero-order valence-electron chi connectivity index (χ0n) is 13.2. The minimum atomic E-state index is -0.737. The maximum Gasteiger partial charge on any atom is 0.243 e. The van der Waals surface area contributed by atoms with Crippen molar-refractivity contribution in [3.63, 3.8) is 0 Å². The molecule has 2 fully saturated rings. The number of hydrogen-bond donors (Lipinski definition) is 0. The third kappa shape index (κ3) is 2.77. The first-order valence-electron chi connectivity index (χ1n) is 8.33. The van der Waals surface area contributed by atoms with E-state index in [0.717, 1.165) is 68.7 Å². The van der Waals surface area contributed by atoms with E-state index in [2.05, 4.69) is 18.4 Å². The number of aryl methyl sites for hydroxylation is 1. The van der Waals surface area contributed by atoms with E-state index in [1.165, 1.54) is 0 Å². The van der Waals surface area contributed by atoms with E-state index in [4.69, 9.17) is 4.98 Å². The SMILES string of the molecule is CCc1csc([C@H]2CCCN(C(=O)C3(C#N)CCCC3)C2)n1. The van der Waals surface area contributed by atoms with Crippen LogP contribution < -0.4 is 0 Å². The molecule has 118 valence electrons. The lowest BCUT2D eigenvalue weighted by Gasteiger charge is -2.35. The molecule has 1 aliphatic heterocycles. The summed E-state index contributed by atoms with van der Waals surface area (Å²) in [5.41, 5.74) is 0.409. The van der Waals surface area contributed by atoms with Gasteiger partial charge in [-0.15, -0.1) is 11.3 Å². The summed E-state index contributed by atoms with van der Waals surface area (Å²) in [5.74, 6) is 0.421. The molecule has 0 N–H and O–H groups in total. The number of amides is 1. The van der Waals surface area contributed by atoms with Crippen molar-refractivity contribution in [2.75, 3.05) is 13.1 Å². The molecular weight excluding hydrogens is 294 g/mol. The van der Waals surface area contributed by atoms with E-state index in [1.807, 2.05) is 4.90 Å². The van der Waals surface area contributed by atoms with E-state index in [0.29, 0.717) is 5.92 Å². The molecule has 22 heavy (non-hydrogen) atoms. The van der Waals surface area contributed by atoms with Crippen molar-refractivity contribution in [1.82, 2.24) is 9.88 Å². The van der Waals surface area contributed by atoms with Gasteiger partial charge in [-0.25, -0.2) is 4.98 Å². The number of carbonyl (C=O) groups excluding carboxylic acids is 1. The number of aromatic nitrogens is 1. The van der Waals surface area contributed by atoms with Crippen LogP contribution >= 0.6 is 11.3 Å².